The van der Waals surface area contributed by atoms with E-state index in [0.29, 0.717) is 11.1 Å². The second-order valence-electron chi connectivity index (χ2n) is 9.59. The van der Waals surface area contributed by atoms with Gasteiger partial charge in [0.15, 0.2) is 0 Å². The molecule has 2 fully saturated rings. The number of carbonyl (C=O) groups excluding carboxylic acids is 3. The first-order valence-electron chi connectivity index (χ1n) is 12.3. The molecular weight excluding hydrogens is 484 g/mol. The lowest BCUT2D eigenvalue weighted by molar-refractivity contribution is -0.147. The van der Waals surface area contributed by atoms with Crippen molar-refractivity contribution in [3.05, 3.63) is 47.4 Å². The zero-order valence-electron chi connectivity index (χ0n) is 19.8. The Morgan fingerprint density at radius 2 is 1.83 bits per heavy atom. The van der Waals surface area contributed by atoms with Crippen LogP contribution in [0.5, 0.6) is 5.75 Å². The number of carbonyl (C=O) groups is 3. The summed E-state index contributed by atoms with van der Waals surface area (Å²) in [6.07, 6.45) is 8.69. The number of likely N-dealkylation sites (tertiary alicyclic amines) is 1. The molecule has 0 spiro atoms. The number of halogens is 1. The number of fused-ring (bicyclic) bond motifs is 1. The van der Waals surface area contributed by atoms with E-state index >= 15 is 0 Å². The van der Waals surface area contributed by atoms with Crippen LogP contribution in [0.3, 0.4) is 0 Å². The molecule has 190 valence electrons. The standard InChI is InChI=1S/C25H29ClN6O4/c26-16-7-10-19(29-14-16)30-24(35)25(23(27)34)21(20-18(36-25)4-3-11-28-20)31-22(33)15-5-8-17(9-6-15)32-12-1-2-13-32/h3-4,7,10-11,14-15,17,21H,1-2,5-6,8-9,12-13H2,(H2,27,34)(H,31,33)(H,29,30,35). The van der Waals surface area contributed by atoms with Gasteiger partial charge in [0.2, 0.25) is 5.91 Å². The molecule has 4 N–H and O–H groups in total. The summed E-state index contributed by atoms with van der Waals surface area (Å²) >= 11 is 5.88. The van der Waals surface area contributed by atoms with E-state index in [1.807, 2.05) is 0 Å². The lowest BCUT2D eigenvalue weighted by Gasteiger charge is -2.35. The number of hydrogen-bond acceptors (Lipinski definition) is 7. The van der Waals surface area contributed by atoms with Gasteiger partial charge in [-0.1, -0.05) is 11.6 Å². The summed E-state index contributed by atoms with van der Waals surface area (Å²) in [4.78, 5) is 50.6. The molecule has 36 heavy (non-hydrogen) atoms. The van der Waals surface area contributed by atoms with E-state index in [0.717, 1.165) is 38.8 Å². The molecule has 2 atom stereocenters. The van der Waals surface area contributed by atoms with E-state index in [1.54, 1.807) is 18.2 Å². The normalized spacial score (nSPS) is 27.6. The van der Waals surface area contributed by atoms with Gasteiger partial charge in [-0.3, -0.25) is 19.4 Å². The molecule has 0 bridgehead atoms. The maximum absolute atomic E-state index is 13.5. The summed E-state index contributed by atoms with van der Waals surface area (Å²) in [5.41, 5.74) is 3.81. The average molecular weight is 513 g/mol. The van der Waals surface area contributed by atoms with Crippen LogP contribution in [0, 0.1) is 5.92 Å². The van der Waals surface area contributed by atoms with Crippen molar-refractivity contribution in [2.24, 2.45) is 11.7 Å². The minimum atomic E-state index is -2.24. The molecule has 1 saturated carbocycles. The van der Waals surface area contributed by atoms with Crippen LogP contribution in [-0.2, 0) is 14.4 Å². The van der Waals surface area contributed by atoms with E-state index in [2.05, 4.69) is 25.5 Å². The lowest BCUT2D eigenvalue weighted by atomic mass is 9.84. The van der Waals surface area contributed by atoms with Crippen LogP contribution in [0.2, 0.25) is 5.02 Å². The first-order valence-corrected chi connectivity index (χ1v) is 12.7. The van der Waals surface area contributed by atoms with Crippen molar-refractivity contribution >= 4 is 35.1 Å². The highest BCUT2D eigenvalue weighted by atomic mass is 35.5. The number of nitrogens with one attached hydrogen (secondary N) is 2. The average Bonchev–Trinajstić information content (AvgIpc) is 3.53. The molecule has 2 unspecified atom stereocenters. The third kappa shape index (κ3) is 4.51. The fourth-order valence-corrected chi connectivity index (χ4v) is 5.62. The van der Waals surface area contributed by atoms with Crippen LogP contribution in [0.1, 0.15) is 50.3 Å². The van der Waals surface area contributed by atoms with Crippen molar-refractivity contribution in [3.8, 4) is 5.75 Å². The van der Waals surface area contributed by atoms with Gasteiger partial charge < -0.3 is 26.0 Å². The maximum Gasteiger partial charge on any atom is 0.289 e. The minimum Gasteiger partial charge on any atom is -0.463 e. The van der Waals surface area contributed by atoms with E-state index < -0.39 is 23.5 Å². The van der Waals surface area contributed by atoms with Gasteiger partial charge in [-0.25, -0.2) is 4.98 Å². The van der Waals surface area contributed by atoms with E-state index in [1.165, 1.54) is 31.3 Å². The largest absolute Gasteiger partial charge is 0.463 e. The Morgan fingerprint density at radius 3 is 2.50 bits per heavy atom. The van der Waals surface area contributed by atoms with E-state index in [9.17, 15) is 14.4 Å². The van der Waals surface area contributed by atoms with Gasteiger partial charge in [0.1, 0.15) is 23.3 Å². The van der Waals surface area contributed by atoms with E-state index in [4.69, 9.17) is 22.1 Å². The van der Waals surface area contributed by atoms with Crippen LogP contribution >= 0.6 is 11.6 Å². The van der Waals surface area contributed by atoms with Crippen LogP contribution < -0.4 is 21.1 Å². The summed E-state index contributed by atoms with van der Waals surface area (Å²) in [6, 6.07) is 5.55. The Bertz CT molecular complexity index is 1150. The fraction of sp³-hybridized carbons (Fsp3) is 0.480. The van der Waals surface area contributed by atoms with Crippen molar-refractivity contribution in [1.82, 2.24) is 20.2 Å². The third-order valence-electron chi connectivity index (χ3n) is 7.43. The number of rotatable bonds is 6. The Morgan fingerprint density at radius 1 is 1.08 bits per heavy atom. The number of aromatic nitrogens is 2. The molecule has 1 aliphatic carbocycles. The van der Waals surface area contributed by atoms with Crippen LogP contribution in [0.4, 0.5) is 5.82 Å². The Balaban J connectivity index is 1.37. The van der Waals surface area contributed by atoms with Crippen molar-refractivity contribution < 1.29 is 19.1 Å². The number of amides is 3. The van der Waals surface area contributed by atoms with Gasteiger partial charge >= 0.3 is 0 Å². The first kappa shape index (κ1) is 24.5. The van der Waals surface area contributed by atoms with Crippen molar-refractivity contribution in [1.29, 1.82) is 0 Å². The van der Waals surface area contributed by atoms with Gasteiger partial charge in [-0.15, -0.1) is 0 Å². The molecule has 2 aliphatic heterocycles. The number of hydrogen-bond donors (Lipinski definition) is 3. The van der Waals surface area contributed by atoms with E-state index in [-0.39, 0.29) is 29.1 Å². The molecule has 3 aliphatic rings. The second kappa shape index (κ2) is 10.0. The molecular formula is C25H29ClN6O4. The molecule has 2 aromatic heterocycles. The zero-order valence-corrected chi connectivity index (χ0v) is 20.5. The van der Waals surface area contributed by atoms with Gasteiger partial charge in [-0.05, 0) is 75.9 Å². The fourth-order valence-electron chi connectivity index (χ4n) is 5.51. The smallest absolute Gasteiger partial charge is 0.289 e. The summed E-state index contributed by atoms with van der Waals surface area (Å²) in [5.74, 6) is -2.02. The Labute approximate surface area is 213 Å². The van der Waals surface area contributed by atoms with Gasteiger partial charge in [0.05, 0.1) is 5.02 Å². The molecule has 1 saturated heterocycles. The van der Waals surface area contributed by atoms with Gasteiger partial charge in [0, 0.05) is 24.4 Å². The summed E-state index contributed by atoms with van der Waals surface area (Å²) < 4.78 is 5.87. The quantitative estimate of drug-likeness (QED) is 0.504. The first-order chi connectivity index (χ1) is 17.4. The summed E-state index contributed by atoms with van der Waals surface area (Å²) in [5, 5.41) is 5.85. The topological polar surface area (TPSA) is 140 Å². The van der Waals surface area contributed by atoms with Crippen molar-refractivity contribution in [2.75, 3.05) is 18.4 Å². The highest BCUT2D eigenvalue weighted by Gasteiger charge is 2.61. The molecule has 10 nitrogen and oxygen atoms in total. The summed E-state index contributed by atoms with van der Waals surface area (Å²) in [6.45, 7) is 2.25. The SMILES string of the molecule is NC(=O)C1(C(=O)Nc2ccc(Cl)cn2)Oc2cccnc2C1NC(=O)C1CCC(N2CCCC2)CC1. The van der Waals surface area contributed by atoms with Crippen molar-refractivity contribution in [3.63, 3.8) is 0 Å². The number of nitrogens with zero attached hydrogens (tertiary/aromatic N) is 3. The molecule has 3 amide bonds. The van der Waals surface area contributed by atoms with Crippen LogP contribution in [0.25, 0.3) is 0 Å². The molecule has 4 heterocycles. The molecule has 0 radical (unpaired) electrons. The second-order valence-corrected chi connectivity index (χ2v) is 10.0. The van der Waals surface area contributed by atoms with Crippen LogP contribution in [0.15, 0.2) is 36.7 Å². The molecule has 11 heteroatoms. The predicted molar refractivity (Wildman–Crippen MR) is 132 cm³/mol. The third-order valence-corrected chi connectivity index (χ3v) is 7.66. The Kier molecular flexibility index (Phi) is 6.81. The minimum absolute atomic E-state index is 0.155. The molecule has 2 aromatic rings. The highest BCUT2D eigenvalue weighted by Crippen LogP contribution is 2.43. The summed E-state index contributed by atoms with van der Waals surface area (Å²) in [7, 11) is 0. The number of ether oxygens (including phenoxy) is 1. The Hall–Kier alpha value is -3.24. The predicted octanol–water partition coefficient (Wildman–Crippen LogP) is 2.20. The van der Waals surface area contributed by atoms with Gasteiger partial charge in [-0.2, -0.15) is 0 Å². The molecule has 5 rings (SSSR count). The lowest BCUT2D eigenvalue weighted by Crippen LogP contribution is -2.63. The molecule has 0 aromatic carbocycles. The van der Waals surface area contributed by atoms with Gasteiger partial charge in [0.25, 0.3) is 17.4 Å². The zero-order chi connectivity index (χ0) is 25.3. The highest BCUT2D eigenvalue weighted by molar-refractivity contribution is 6.30. The monoisotopic (exact) mass is 512 g/mol. The maximum atomic E-state index is 13.5. The van der Waals surface area contributed by atoms with Crippen LogP contribution in [-0.4, -0.2) is 57.3 Å². The number of pyridine rings is 2. The number of primary amides is 1. The number of nitrogens with two attached hydrogens (primary N) is 1. The van der Waals surface area contributed by atoms with Crippen molar-refractivity contribution in [2.45, 2.75) is 56.2 Å². The number of anilines is 1.